The molecular formula is C22H26N2O3S. The third-order valence-electron chi connectivity index (χ3n) is 5.40. The van der Waals surface area contributed by atoms with E-state index in [0.717, 1.165) is 53.8 Å². The number of ether oxygens (including phenoxy) is 3. The van der Waals surface area contributed by atoms with Gasteiger partial charge in [0.05, 0.1) is 31.6 Å². The largest absolute Gasteiger partial charge is 0.497 e. The number of thiazole rings is 1. The lowest BCUT2D eigenvalue weighted by Crippen LogP contribution is -2.16. The van der Waals surface area contributed by atoms with E-state index in [0.29, 0.717) is 6.10 Å². The second kappa shape index (κ2) is 7.97. The summed E-state index contributed by atoms with van der Waals surface area (Å²) in [6.07, 6.45) is 2.63. The van der Waals surface area contributed by atoms with Crippen LogP contribution in [0.3, 0.4) is 0 Å². The van der Waals surface area contributed by atoms with Crippen molar-refractivity contribution in [3.63, 3.8) is 0 Å². The molecule has 0 bridgehead atoms. The number of aryl methyl sites for hydroxylation is 1. The summed E-state index contributed by atoms with van der Waals surface area (Å²) in [7, 11) is 3.33. The Balaban J connectivity index is 1.65. The van der Waals surface area contributed by atoms with Crippen molar-refractivity contribution in [3.05, 3.63) is 41.0 Å². The minimum atomic E-state index is 0.326. The van der Waals surface area contributed by atoms with Crippen LogP contribution in [0.25, 0.3) is 21.8 Å². The summed E-state index contributed by atoms with van der Waals surface area (Å²) >= 11 is 1.63. The summed E-state index contributed by atoms with van der Waals surface area (Å²) in [5.41, 5.74) is 5.66. The number of aromatic nitrogens is 2. The lowest BCUT2D eigenvalue weighted by molar-refractivity contribution is 0.0962. The monoisotopic (exact) mass is 398 g/mol. The van der Waals surface area contributed by atoms with Gasteiger partial charge in [-0.1, -0.05) is 0 Å². The minimum Gasteiger partial charge on any atom is -0.497 e. The fraction of sp³-hybridized carbons (Fsp3) is 0.409. The third kappa shape index (κ3) is 3.54. The summed E-state index contributed by atoms with van der Waals surface area (Å²) in [5.74, 6) is 1.54. The Morgan fingerprint density at radius 3 is 2.75 bits per heavy atom. The molecule has 1 aromatic carbocycles. The Bertz CT molecular complexity index is 970. The molecule has 0 amide bonds. The molecule has 0 aliphatic carbocycles. The van der Waals surface area contributed by atoms with Crippen LogP contribution in [0.15, 0.2) is 29.6 Å². The van der Waals surface area contributed by atoms with Crippen LogP contribution in [0, 0.1) is 13.8 Å². The first-order valence-corrected chi connectivity index (χ1v) is 10.4. The molecule has 1 atom stereocenters. The van der Waals surface area contributed by atoms with E-state index in [2.05, 4.69) is 29.9 Å². The van der Waals surface area contributed by atoms with E-state index in [-0.39, 0.29) is 0 Å². The van der Waals surface area contributed by atoms with Gasteiger partial charge in [-0.15, -0.1) is 11.3 Å². The fourth-order valence-electron chi connectivity index (χ4n) is 3.83. The highest BCUT2D eigenvalue weighted by molar-refractivity contribution is 7.13. The smallest absolute Gasteiger partial charge is 0.132 e. The lowest BCUT2D eigenvalue weighted by Gasteiger charge is -2.14. The summed E-state index contributed by atoms with van der Waals surface area (Å²) < 4.78 is 19.0. The Hall–Kier alpha value is -2.31. The van der Waals surface area contributed by atoms with Crippen LogP contribution in [-0.4, -0.2) is 36.5 Å². The van der Waals surface area contributed by atoms with Crippen LogP contribution in [0.5, 0.6) is 11.5 Å². The van der Waals surface area contributed by atoms with E-state index < -0.39 is 0 Å². The van der Waals surface area contributed by atoms with Crippen molar-refractivity contribution in [2.24, 2.45) is 0 Å². The van der Waals surface area contributed by atoms with Crippen LogP contribution in [-0.2, 0) is 11.3 Å². The maximum absolute atomic E-state index is 5.83. The first kappa shape index (κ1) is 19.0. The summed E-state index contributed by atoms with van der Waals surface area (Å²) in [5, 5.41) is 3.07. The van der Waals surface area contributed by atoms with Gasteiger partial charge in [0, 0.05) is 41.5 Å². The van der Waals surface area contributed by atoms with Gasteiger partial charge < -0.3 is 18.8 Å². The number of methoxy groups -OCH3 is 2. The molecule has 6 heteroatoms. The molecule has 2 aromatic heterocycles. The summed E-state index contributed by atoms with van der Waals surface area (Å²) in [6, 6.07) is 8.06. The van der Waals surface area contributed by atoms with Gasteiger partial charge in [0.15, 0.2) is 0 Å². The van der Waals surface area contributed by atoms with Gasteiger partial charge in [0.2, 0.25) is 0 Å². The highest BCUT2D eigenvalue weighted by Crippen LogP contribution is 2.38. The van der Waals surface area contributed by atoms with Gasteiger partial charge in [-0.05, 0) is 44.9 Å². The van der Waals surface area contributed by atoms with Crippen LogP contribution >= 0.6 is 11.3 Å². The van der Waals surface area contributed by atoms with Gasteiger partial charge in [0.1, 0.15) is 16.5 Å². The predicted molar refractivity (Wildman–Crippen MR) is 113 cm³/mol. The zero-order chi connectivity index (χ0) is 19.7. The van der Waals surface area contributed by atoms with Crippen molar-refractivity contribution in [1.82, 2.24) is 9.55 Å². The number of nitrogens with zero attached hydrogens (tertiary/aromatic N) is 2. The average Bonchev–Trinajstić information content (AvgIpc) is 3.45. The topological polar surface area (TPSA) is 45.5 Å². The van der Waals surface area contributed by atoms with Crippen molar-refractivity contribution in [2.45, 2.75) is 39.3 Å². The van der Waals surface area contributed by atoms with E-state index in [1.165, 1.54) is 17.0 Å². The SMILES string of the molecule is COc1ccc(-c2nc(-c3cc(C)n(CC4CCCO4)c3C)cs2)c(OC)c1. The van der Waals surface area contributed by atoms with Crippen LogP contribution < -0.4 is 9.47 Å². The number of benzene rings is 1. The molecule has 1 aliphatic heterocycles. The second-order valence-electron chi connectivity index (χ2n) is 7.13. The average molecular weight is 399 g/mol. The molecule has 0 spiro atoms. The van der Waals surface area contributed by atoms with Gasteiger partial charge in [0.25, 0.3) is 0 Å². The molecule has 0 saturated carbocycles. The number of hydrogen-bond acceptors (Lipinski definition) is 5. The standard InChI is InChI=1S/C22H26N2O3S/c1-14-10-19(15(2)24(14)12-17-6-5-9-27-17)20-13-28-22(23-20)18-8-7-16(25-3)11-21(18)26-4/h7-8,10-11,13,17H,5-6,9,12H2,1-4H3. The molecule has 5 nitrogen and oxygen atoms in total. The van der Waals surface area contributed by atoms with Gasteiger partial charge in [-0.3, -0.25) is 0 Å². The maximum Gasteiger partial charge on any atom is 0.132 e. The fourth-order valence-corrected chi connectivity index (χ4v) is 4.68. The van der Waals surface area contributed by atoms with Crippen molar-refractivity contribution < 1.29 is 14.2 Å². The first-order chi connectivity index (χ1) is 13.6. The molecule has 0 N–H and O–H groups in total. The Kier molecular flexibility index (Phi) is 5.42. The van der Waals surface area contributed by atoms with Crippen LogP contribution in [0.4, 0.5) is 0 Å². The van der Waals surface area contributed by atoms with Crippen LogP contribution in [0.2, 0.25) is 0 Å². The molecule has 148 valence electrons. The normalized spacial score (nSPS) is 16.5. The molecule has 1 unspecified atom stereocenters. The zero-order valence-corrected chi connectivity index (χ0v) is 17.6. The van der Waals surface area contributed by atoms with E-state index in [1.807, 2.05) is 18.2 Å². The van der Waals surface area contributed by atoms with E-state index in [4.69, 9.17) is 19.2 Å². The van der Waals surface area contributed by atoms with Crippen molar-refractivity contribution >= 4 is 11.3 Å². The van der Waals surface area contributed by atoms with E-state index in [9.17, 15) is 0 Å². The Morgan fingerprint density at radius 1 is 1.18 bits per heavy atom. The van der Waals surface area contributed by atoms with E-state index in [1.54, 1.807) is 25.6 Å². The molecular weight excluding hydrogens is 372 g/mol. The van der Waals surface area contributed by atoms with E-state index >= 15 is 0 Å². The lowest BCUT2D eigenvalue weighted by atomic mass is 10.2. The molecule has 3 aromatic rings. The zero-order valence-electron chi connectivity index (χ0n) is 16.8. The third-order valence-corrected chi connectivity index (χ3v) is 6.28. The molecule has 1 aliphatic rings. The summed E-state index contributed by atoms with van der Waals surface area (Å²) in [6.45, 7) is 6.13. The van der Waals surface area contributed by atoms with Gasteiger partial charge in [-0.25, -0.2) is 4.98 Å². The van der Waals surface area contributed by atoms with Crippen molar-refractivity contribution in [2.75, 3.05) is 20.8 Å². The predicted octanol–water partition coefficient (Wildman–Crippen LogP) is 5.09. The quantitative estimate of drug-likeness (QED) is 0.580. The minimum absolute atomic E-state index is 0.326. The van der Waals surface area contributed by atoms with Gasteiger partial charge >= 0.3 is 0 Å². The van der Waals surface area contributed by atoms with Gasteiger partial charge in [-0.2, -0.15) is 0 Å². The van der Waals surface area contributed by atoms with Crippen LogP contribution in [0.1, 0.15) is 24.2 Å². The number of rotatable bonds is 6. The van der Waals surface area contributed by atoms with Crippen molar-refractivity contribution in [3.8, 4) is 33.3 Å². The highest BCUT2D eigenvalue weighted by Gasteiger charge is 2.20. The molecule has 1 fully saturated rings. The molecule has 3 heterocycles. The maximum atomic E-state index is 5.83. The van der Waals surface area contributed by atoms with Crippen molar-refractivity contribution in [1.29, 1.82) is 0 Å². The highest BCUT2D eigenvalue weighted by atomic mass is 32.1. The summed E-state index contributed by atoms with van der Waals surface area (Å²) in [4.78, 5) is 4.92. The number of hydrogen-bond donors (Lipinski definition) is 0. The Morgan fingerprint density at radius 2 is 2.04 bits per heavy atom. The molecule has 28 heavy (non-hydrogen) atoms. The Labute approximate surface area is 169 Å². The molecule has 0 radical (unpaired) electrons. The second-order valence-corrected chi connectivity index (χ2v) is 7.99. The molecule has 1 saturated heterocycles. The molecule has 4 rings (SSSR count). The first-order valence-electron chi connectivity index (χ1n) is 9.57.